The van der Waals surface area contributed by atoms with Crippen LogP contribution in [0.25, 0.3) is 0 Å². The molecule has 0 heterocycles. The summed E-state index contributed by atoms with van der Waals surface area (Å²) in [5.74, 6) is -1.54. The first-order valence-corrected chi connectivity index (χ1v) is 3.07. The van der Waals surface area contributed by atoms with Gasteiger partial charge in [0.25, 0.3) is 0 Å². The van der Waals surface area contributed by atoms with Crippen molar-refractivity contribution < 1.29 is 26.9 Å². The van der Waals surface area contributed by atoms with E-state index in [9.17, 15) is 22.4 Å². The van der Waals surface area contributed by atoms with Gasteiger partial charge in [0.05, 0.1) is 0 Å². The minimum absolute atomic E-state index is 0. The van der Waals surface area contributed by atoms with Crippen molar-refractivity contribution in [3.05, 3.63) is 0 Å². The van der Waals surface area contributed by atoms with Crippen LogP contribution in [0.1, 0.15) is 6.42 Å². The zero-order valence-electron chi connectivity index (χ0n) is 4.51. The Morgan fingerprint density at radius 3 is 2.09 bits per heavy atom. The molecule has 0 saturated heterocycles. The van der Waals surface area contributed by atoms with Gasteiger partial charge in [-0.25, -0.2) is 0 Å². The summed E-state index contributed by atoms with van der Waals surface area (Å²) in [5, 5.41) is 0. The van der Waals surface area contributed by atoms with E-state index in [1.165, 1.54) is 0 Å². The maximum atomic E-state index is 11.2. The van der Waals surface area contributed by atoms with E-state index < -0.39 is 27.2 Å². The third-order valence-corrected chi connectivity index (χ3v) is 0.796. The molecular formula is C3H3F3LiO3P. The van der Waals surface area contributed by atoms with Gasteiger partial charge in [-0.2, -0.15) is 4.39 Å². The summed E-state index contributed by atoms with van der Waals surface area (Å²) in [4.78, 5) is 19.3. The molecule has 0 atom stereocenters. The van der Waals surface area contributed by atoms with E-state index in [-0.39, 0.29) is 18.9 Å². The molecule has 0 spiro atoms. The first-order valence-electron chi connectivity index (χ1n) is 2.03. The molecule has 0 aromatic rings. The van der Waals surface area contributed by atoms with Gasteiger partial charge in [0.2, 0.25) is 0 Å². The molecule has 0 rings (SSSR count). The zero-order chi connectivity index (χ0) is 8.15. The standard InChI is InChI=1S/C3H2F3O3P.Li.H/c4-2(7)1-3(8)9-10(5)6;;/h1H2;;. The molecule has 0 bridgehead atoms. The quantitative estimate of drug-likeness (QED) is 0.282. The van der Waals surface area contributed by atoms with Crippen molar-refractivity contribution in [2.45, 2.75) is 6.42 Å². The van der Waals surface area contributed by atoms with Crippen LogP contribution in [0.5, 0.6) is 0 Å². The fraction of sp³-hybridized carbons (Fsp3) is 0.333. The second-order valence-electron chi connectivity index (χ2n) is 1.20. The maximum absolute atomic E-state index is 11.2. The predicted octanol–water partition coefficient (Wildman–Crippen LogP) is 0.933. The van der Waals surface area contributed by atoms with Crippen LogP contribution in [-0.2, 0) is 14.1 Å². The van der Waals surface area contributed by atoms with E-state index in [4.69, 9.17) is 0 Å². The Bertz CT molecular complexity index is 153. The molecule has 0 fully saturated rings. The van der Waals surface area contributed by atoms with Crippen molar-refractivity contribution in [1.82, 2.24) is 0 Å². The summed E-state index contributed by atoms with van der Waals surface area (Å²) in [7, 11) is -3.84. The Kier molecular flexibility index (Phi) is 8.19. The van der Waals surface area contributed by atoms with Crippen LogP contribution in [0.15, 0.2) is 0 Å². The van der Waals surface area contributed by atoms with Gasteiger partial charge in [0.1, 0.15) is 6.42 Å². The molecule has 0 aromatic heterocycles. The third-order valence-electron chi connectivity index (χ3n) is 0.454. The fourth-order valence-corrected chi connectivity index (χ4v) is 0.441. The summed E-state index contributed by atoms with van der Waals surface area (Å²) >= 11 is 0. The normalized spacial score (nSPS) is 8.73. The van der Waals surface area contributed by atoms with Gasteiger partial charge >= 0.3 is 39.6 Å². The summed E-state index contributed by atoms with van der Waals surface area (Å²) < 4.78 is 36.7. The Hall–Kier alpha value is -0.0426. The summed E-state index contributed by atoms with van der Waals surface area (Å²) in [6.07, 6.45) is -1.24. The molecule has 0 aliphatic heterocycles. The van der Waals surface area contributed by atoms with E-state index in [1.54, 1.807) is 0 Å². The zero-order valence-corrected chi connectivity index (χ0v) is 5.41. The molecule has 0 aliphatic carbocycles. The number of hydrogen-bond acceptors (Lipinski definition) is 3. The minimum atomic E-state index is -3.84. The van der Waals surface area contributed by atoms with E-state index in [0.29, 0.717) is 0 Å². The van der Waals surface area contributed by atoms with Gasteiger partial charge < -0.3 is 4.52 Å². The molecule has 11 heavy (non-hydrogen) atoms. The van der Waals surface area contributed by atoms with Crippen molar-refractivity contribution in [2.24, 2.45) is 0 Å². The Balaban J connectivity index is 0. The van der Waals surface area contributed by atoms with Crippen molar-refractivity contribution >= 4 is 39.6 Å². The predicted molar refractivity (Wildman–Crippen MR) is 33.1 cm³/mol. The van der Waals surface area contributed by atoms with Crippen LogP contribution in [0.2, 0.25) is 0 Å². The van der Waals surface area contributed by atoms with Crippen LogP contribution in [-0.4, -0.2) is 30.9 Å². The molecule has 0 aromatic carbocycles. The average Bonchev–Trinajstić information content (AvgIpc) is 1.58. The fourth-order valence-electron chi connectivity index (χ4n) is 0.223. The second kappa shape index (κ2) is 6.65. The molecule has 60 valence electrons. The molecule has 0 aliphatic rings. The van der Waals surface area contributed by atoms with Gasteiger partial charge in [0, 0.05) is 0 Å². The van der Waals surface area contributed by atoms with E-state index in [2.05, 4.69) is 4.52 Å². The second-order valence-corrected chi connectivity index (χ2v) is 1.78. The van der Waals surface area contributed by atoms with Crippen LogP contribution >= 0.6 is 8.77 Å². The van der Waals surface area contributed by atoms with Gasteiger partial charge in [-0.05, 0) is 0 Å². The number of rotatable bonds is 3. The van der Waals surface area contributed by atoms with Crippen molar-refractivity contribution in [3.63, 3.8) is 0 Å². The molecule has 8 heteroatoms. The van der Waals surface area contributed by atoms with Gasteiger partial charge in [-0.1, -0.05) is 0 Å². The van der Waals surface area contributed by atoms with E-state index >= 15 is 0 Å². The summed E-state index contributed by atoms with van der Waals surface area (Å²) in [5.41, 5.74) is 0. The first-order chi connectivity index (χ1) is 4.52. The van der Waals surface area contributed by atoms with E-state index in [0.717, 1.165) is 0 Å². The molecule has 0 amide bonds. The topological polar surface area (TPSA) is 43.4 Å². The van der Waals surface area contributed by atoms with Gasteiger partial charge in [0.15, 0.2) is 0 Å². The summed E-state index contributed by atoms with van der Waals surface area (Å²) in [6, 6.07) is -1.98. The average molecular weight is 182 g/mol. The first kappa shape index (κ1) is 13.5. The van der Waals surface area contributed by atoms with Crippen LogP contribution < -0.4 is 0 Å². The molecule has 0 saturated carbocycles. The van der Waals surface area contributed by atoms with Crippen LogP contribution in [0, 0.1) is 0 Å². The number of hydrogen-bond donors (Lipinski definition) is 0. The number of halogens is 3. The van der Waals surface area contributed by atoms with Crippen molar-refractivity contribution in [3.8, 4) is 0 Å². The van der Waals surface area contributed by atoms with E-state index in [1.807, 2.05) is 0 Å². The number of carbonyl (C=O) groups excluding carboxylic acids is 2. The summed E-state index contributed by atoms with van der Waals surface area (Å²) in [6.45, 7) is 0. The number of carbonyl (C=O) groups is 2. The molecular weight excluding hydrogens is 179 g/mol. The Morgan fingerprint density at radius 2 is 1.82 bits per heavy atom. The monoisotopic (exact) mass is 182 g/mol. The third kappa shape index (κ3) is 9.96. The Labute approximate surface area is 73.5 Å². The van der Waals surface area contributed by atoms with Crippen molar-refractivity contribution in [1.29, 1.82) is 0 Å². The van der Waals surface area contributed by atoms with Gasteiger partial charge in [-0.3, -0.25) is 9.59 Å². The Morgan fingerprint density at radius 1 is 1.36 bits per heavy atom. The molecule has 0 unspecified atom stereocenters. The molecule has 0 N–H and O–H groups in total. The SMILES string of the molecule is O=C(F)CC(=O)OP(F)F.[LiH]. The van der Waals surface area contributed by atoms with Crippen LogP contribution in [0.4, 0.5) is 12.8 Å². The van der Waals surface area contributed by atoms with Crippen LogP contribution in [0.3, 0.4) is 0 Å². The van der Waals surface area contributed by atoms with Crippen molar-refractivity contribution in [2.75, 3.05) is 0 Å². The molecule has 3 nitrogen and oxygen atoms in total. The molecule has 0 radical (unpaired) electrons. The van der Waals surface area contributed by atoms with Gasteiger partial charge in [-0.15, -0.1) is 8.39 Å².